The highest BCUT2D eigenvalue weighted by atomic mass is 14.9. The van der Waals surface area contributed by atoms with Crippen molar-refractivity contribution in [3.05, 3.63) is 0 Å². The molecular weight excluding hydrogens is 158 g/mol. The molecule has 1 rings (SSSR count). The number of rotatable bonds is 2. The minimum atomic E-state index is 0.520. The maximum absolute atomic E-state index is 3.53. The average molecular weight is 183 g/mol. The third-order valence-electron chi connectivity index (χ3n) is 2.95. The maximum Gasteiger partial charge on any atom is -0.00205 e. The Labute approximate surface area is 83.3 Å². The normalized spacial score (nSPS) is 25.6. The van der Waals surface area contributed by atoms with E-state index in [0.717, 1.165) is 5.92 Å². The van der Waals surface area contributed by atoms with Crippen LogP contribution in [-0.4, -0.2) is 13.1 Å². The summed E-state index contributed by atoms with van der Waals surface area (Å²) in [6.45, 7) is 9.54. The third-order valence-corrected chi connectivity index (χ3v) is 2.95. The predicted octanol–water partition coefficient (Wildman–Crippen LogP) is 3.20. The summed E-state index contributed by atoms with van der Waals surface area (Å²) in [6, 6.07) is 0. The lowest BCUT2D eigenvalue weighted by atomic mass is 9.85. The van der Waals surface area contributed by atoms with E-state index in [2.05, 4.69) is 26.1 Å². The molecule has 0 radical (unpaired) electrons. The van der Waals surface area contributed by atoms with Gasteiger partial charge in [-0.25, -0.2) is 0 Å². The highest BCUT2D eigenvalue weighted by molar-refractivity contribution is 4.71. The summed E-state index contributed by atoms with van der Waals surface area (Å²) in [5, 5.41) is 3.53. The largest absolute Gasteiger partial charge is 0.316 e. The van der Waals surface area contributed by atoms with Gasteiger partial charge >= 0.3 is 0 Å². The lowest BCUT2D eigenvalue weighted by Gasteiger charge is -2.22. The van der Waals surface area contributed by atoms with Gasteiger partial charge in [-0.15, -0.1) is 0 Å². The molecule has 0 spiro atoms. The molecule has 0 aromatic rings. The number of hydrogen-bond donors (Lipinski definition) is 1. The zero-order valence-electron chi connectivity index (χ0n) is 9.53. The lowest BCUT2D eigenvalue weighted by Crippen LogP contribution is -2.21. The fraction of sp³-hybridized carbons (Fsp3) is 1.00. The van der Waals surface area contributed by atoms with E-state index in [-0.39, 0.29) is 0 Å². The van der Waals surface area contributed by atoms with Crippen molar-refractivity contribution in [1.29, 1.82) is 0 Å². The fourth-order valence-corrected chi connectivity index (χ4v) is 1.97. The first kappa shape index (κ1) is 11.0. The van der Waals surface area contributed by atoms with Gasteiger partial charge in [0, 0.05) is 0 Å². The quantitative estimate of drug-likeness (QED) is 0.693. The van der Waals surface area contributed by atoms with Crippen LogP contribution < -0.4 is 5.32 Å². The predicted molar refractivity (Wildman–Crippen MR) is 58.9 cm³/mol. The van der Waals surface area contributed by atoms with Crippen molar-refractivity contribution in [3.8, 4) is 0 Å². The summed E-state index contributed by atoms with van der Waals surface area (Å²) in [6.07, 6.45) is 7.05. The molecule has 0 aromatic heterocycles. The summed E-state index contributed by atoms with van der Waals surface area (Å²) in [4.78, 5) is 0. The van der Waals surface area contributed by atoms with Crippen molar-refractivity contribution in [2.75, 3.05) is 13.1 Å². The second-order valence-electron chi connectivity index (χ2n) is 5.67. The van der Waals surface area contributed by atoms with Crippen LogP contribution in [0.1, 0.15) is 52.9 Å². The van der Waals surface area contributed by atoms with Crippen LogP contribution in [0.2, 0.25) is 0 Å². The fourth-order valence-electron chi connectivity index (χ4n) is 1.97. The molecule has 1 heteroatoms. The third kappa shape index (κ3) is 5.30. The van der Waals surface area contributed by atoms with E-state index in [1.165, 1.54) is 45.2 Å². The molecule has 1 nitrogen and oxygen atoms in total. The Bertz CT molecular complexity index is 127. The van der Waals surface area contributed by atoms with Crippen LogP contribution in [0, 0.1) is 11.3 Å². The molecule has 1 aliphatic heterocycles. The van der Waals surface area contributed by atoms with Gasteiger partial charge in [-0.05, 0) is 50.1 Å². The summed E-state index contributed by atoms with van der Waals surface area (Å²) in [5.41, 5.74) is 0.520. The molecule has 0 saturated carbocycles. The van der Waals surface area contributed by atoms with Crippen molar-refractivity contribution in [2.24, 2.45) is 11.3 Å². The van der Waals surface area contributed by atoms with Gasteiger partial charge < -0.3 is 5.32 Å². The summed E-state index contributed by atoms with van der Waals surface area (Å²) >= 11 is 0. The smallest absolute Gasteiger partial charge is 0.00205 e. The van der Waals surface area contributed by atoms with E-state index in [0.29, 0.717) is 5.41 Å². The van der Waals surface area contributed by atoms with Crippen LogP contribution in [0.15, 0.2) is 0 Å². The highest BCUT2D eigenvalue weighted by Crippen LogP contribution is 2.26. The standard InChI is InChI=1S/C12H25N/c1-12(2,3)8-7-11-6-4-5-9-13-10-11/h11,13H,4-10H2,1-3H3. The molecule has 0 aliphatic carbocycles. The second-order valence-corrected chi connectivity index (χ2v) is 5.67. The molecule has 0 amide bonds. The SMILES string of the molecule is CC(C)(C)CCC1CCCCNC1. The molecule has 1 saturated heterocycles. The minimum Gasteiger partial charge on any atom is -0.316 e. The van der Waals surface area contributed by atoms with Crippen LogP contribution in [0.3, 0.4) is 0 Å². The highest BCUT2D eigenvalue weighted by Gasteiger charge is 2.16. The van der Waals surface area contributed by atoms with Gasteiger partial charge in [0.05, 0.1) is 0 Å². The minimum absolute atomic E-state index is 0.520. The molecule has 1 fully saturated rings. The molecule has 1 heterocycles. The Balaban J connectivity index is 2.19. The zero-order valence-corrected chi connectivity index (χ0v) is 9.53. The van der Waals surface area contributed by atoms with Crippen molar-refractivity contribution in [3.63, 3.8) is 0 Å². The van der Waals surface area contributed by atoms with E-state index in [1.807, 2.05) is 0 Å². The molecule has 13 heavy (non-hydrogen) atoms. The van der Waals surface area contributed by atoms with Crippen LogP contribution in [-0.2, 0) is 0 Å². The zero-order chi connectivity index (χ0) is 9.73. The molecule has 1 aliphatic rings. The van der Waals surface area contributed by atoms with Crippen molar-refractivity contribution in [2.45, 2.75) is 52.9 Å². The van der Waals surface area contributed by atoms with Gasteiger partial charge in [0.2, 0.25) is 0 Å². The molecule has 78 valence electrons. The number of hydrogen-bond acceptors (Lipinski definition) is 1. The van der Waals surface area contributed by atoms with Gasteiger partial charge in [-0.3, -0.25) is 0 Å². The molecule has 1 unspecified atom stereocenters. The number of nitrogens with one attached hydrogen (secondary N) is 1. The van der Waals surface area contributed by atoms with Crippen molar-refractivity contribution < 1.29 is 0 Å². The summed E-state index contributed by atoms with van der Waals surface area (Å²) in [5.74, 6) is 0.946. The van der Waals surface area contributed by atoms with Crippen LogP contribution in [0.4, 0.5) is 0 Å². The van der Waals surface area contributed by atoms with Crippen molar-refractivity contribution in [1.82, 2.24) is 5.32 Å². The van der Waals surface area contributed by atoms with E-state index in [1.54, 1.807) is 0 Å². The molecule has 0 aromatic carbocycles. The van der Waals surface area contributed by atoms with E-state index in [9.17, 15) is 0 Å². The Hall–Kier alpha value is -0.0400. The van der Waals surface area contributed by atoms with Crippen LogP contribution in [0.25, 0.3) is 0 Å². The second kappa shape index (κ2) is 4.99. The van der Waals surface area contributed by atoms with Gasteiger partial charge in [-0.1, -0.05) is 27.2 Å². The average Bonchev–Trinajstić information content (AvgIpc) is 2.26. The first-order valence-electron chi connectivity index (χ1n) is 5.79. The van der Waals surface area contributed by atoms with Gasteiger partial charge in [-0.2, -0.15) is 0 Å². The Morgan fingerprint density at radius 2 is 2.00 bits per heavy atom. The van der Waals surface area contributed by atoms with Crippen LogP contribution >= 0.6 is 0 Å². The monoisotopic (exact) mass is 183 g/mol. The maximum atomic E-state index is 3.53. The van der Waals surface area contributed by atoms with Gasteiger partial charge in [0.25, 0.3) is 0 Å². The van der Waals surface area contributed by atoms with Gasteiger partial charge in [0.15, 0.2) is 0 Å². The van der Waals surface area contributed by atoms with E-state index in [4.69, 9.17) is 0 Å². The van der Waals surface area contributed by atoms with E-state index < -0.39 is 0 Å². The molecule has 1 N–H and O–H groups in total. The summed E-state index contributed by atoms with van der Waals surface area (Å²) in [7, 11) is 0. The molecular formula is C12H25N. The van der Waals surface area contributed by atoms with E-state index >= 15 is 0 Å². The topological polar surface area (TPSA) is 12.0 Å². The Kier molecular flexibility index (Phi) is 4.24. The first-order valence-corrected chi connectivity index (χ1v) is 5.79. The summed E-state index contributed by atoms with van der Waals surface area (Å²) < 4.78 is 0. The molecule has 1 atom stereocenters. The van der Waals surface area contributed by atoms with Gasteiger partial charge in [0.1, 0.15) is 0 Å². The van der Waals surface area contributed by atoms with Crippen molar-refractivity contribution >= 4 is 0 Å². The molecule has 0 bridgehead atoms. The lowest BCUT2D eigenvalue weighted by molar-refractivity contribution is 0.312. The Morgan fingerprint density at radius 1 is 1.23 bits per heavy atom. The van der Waals surface area contributed by atoms with Crippen LogP contribution in [0.5, 0.6) is 0 Å². The Morgan fingerprint density at radius 3 is 2.69 bits per heavy atom. The first-order chi connectivity index (χ1) is 6.08.